The van der Waals surface area contributed by atoms with Gasteiger partial charge in [0.15, 0.2) is 5.82 Å². The molecular formula is C39H76AlF2P. The fourth-order valence-corrected chi connectivity index (χ4v) is 15.9. The Balaban J connectivity index is 0.00000104. The van der Waals surface area contributed by atoms with Crippen LogP contribution in [0.5, 0.6) is 0 Å². The minimum Gasteiger partial charge on any atom is -0.204 e. The van der Waals surface area contributed by atoms with E-state index in [9.17, 15) is 8.78 Å². The van der Waals surface area contributed by atoms with Gasteiger partial charge in [0.2, 0.25) is 5.82 Å². The van der Waals surface area contributed by atoms with Crippen molar-refractivity contribution in [2.45, 2.75) is 198 Å². The monoisotopic (exact) mass is 641 g/mol. The lowest BCUT2D eigenvalue weighted by Gasteiger charge is -2.37. The molecule has 0 aliphatic heterocycles. The van der Waals surface area contributed by atoms with E-state index in [1.807, 2.05) is 6.92 Å². The molecule has 0 N–H and O–H groups in total. The molecule has 254 valence electrons. The maximum atomic E-state index is 13.4. The van der Waals surface area contributed by atoms with E-state index >= 15 is 0 Å². The van der Waals surface area contributed by atoms with Crippen LogP contribution in [0.4, 0.5) is 8.78 Å². The van der Waals surface area contributed by atoms with Crippen molar-refractivity contribution in [1.29, 1.82) is 0 Å². The molecule has 1 atom stereocenters. The molecule has 0 aliphatic rings. The zero-order valence-electron chi connectivity index (χ0n) is 30.2. The molecule has 0 aromatic heterocycles. The number of unbranched alkanes of at least 4 members (excludes halogenated alkanes) is 16. The summed E-state index contributed by atoms with van der Waals surface area (Å²) in [6.07, 6.45) is 32.8. The molecule has 0 saturated heterocycles. The van der Waals surface area contributed by atoms with Gasteiger partial charge in [0.1, 0.15) is 18.4 Å². The van der Waals surface area contributed by atoms with Gasteiger partial charge in [-0.15, -0.1) is 0 Å². The van der Waals surface area contributed by atoms with E-state index in [0.29, 0.717) is 5.30 Å². The molecule has 0 heterocycles. The van der Waals surface area contributed by atoms with Crippen LogP contribution < -0.4 is 5.30 Å². The summed E-state index contributed by atoms with van der Waals surface area (Å²) in [4.78, 5) is 0. The molecule has 43 heavy (non-hydrogen) atoms. The highest BCUT2D eigenvalue weighted by atomic mass is 31.1. The van der Waals surface area contributed by atoms with Gasteiger partial charge in [-0.1, -0.05) is 169 Å². The third kappa shape index (κ3) is 22.3. The van der Waals surface area contributed by atoms with E-state index in [1.165, 1.54) is 109 Å². The second-order valence-electron chi connectivity index (χ2n) is 13.9. The largest absolute Gasteiger partial charge is 0.204 e. The minimum atomic E-state index is -1.38. The lowest BCUT2D eigenvalue weighted by Crippen LogP contribution is -2.34. The van der Waals surface area contributed by atoms with Gasteiger partial charge in [0.25, 0.3) is 0 Å². The summed E-state index contributed by atoms with van der Waals surface area (Å²) < 4.78 is 26.4. The van der Waals surface area contributed by atoms with Crippen molar-refractivity contribution >= 4 is 26.3 Å². The normalized spacial score (nSPS) is 12.3. The van der Waals surface area contributed by atoms with Crippen molar-refractivity contribution < 1.29 is 8.78 Å². The summed E-state index contributed by atoms with van der Waals surface area (Å²) in [5.41, 5.74) is 0. The molecular weight excluding hydrogens is 564 g/mol. The van der Waals surface area contributed by atoms with E-state index in [-0.39, 0.29) is 0 Å². The molecule has 0 aliphatic carbocycles. The second kappa shape index (κ2) is 30.7. The van der Waals surface area contributed by atoms with Crippen LogP contribution in [-0.2, 0) is 0 Å². The molecule has 0 nitrogen and oxygen atoms in total. The van der Waals surface area contributed by atoms with Gasteiger partial charge in [-0.2, -0.15) is 25.5 Å². The number of halogens is 2. The van der Waals surface area contributed by atoms with Gasteiger partial charge < -0.3 is 0 Å². The topological polar surface area (TPSA) is 0 Å². The lowest BCUT2D eigenvalue weighted by molar-refractivity contribution is 0.514. The van der Waals surface area contributed by atoms with Gasteiger partial charge in [0.05, 0.1) is 12.3 Å². The third-order valence-corrected chi connectivity index (χ3v) is 19.6. The first kappa shape index (κ1) is 43.0. The van der Waals surface area contributed by atoms with Crippen LogP contribution >= 0.6 is 7.92 Å². The Morgan fingerprint density at radius 1 is 0.488 bits per heavy atom. The van der Waals surface area contributed by atoms with Crippen molar-refractivity contribution in [3.8, 4) is 0 Å². The second-order valence-corrected chi connectivity index (χ2v) is 22.6. The van der Waals surface area contributed by atoms with E-state index in [0.717, 1.165) is 18.7 Å². The van der Waals surface area contributed by atoms with Crippen molar-refractivity contribution in [2.75, 3.05) is 12.3 Å². The third-order valence-electron chi connectivity index (χ3n) is 9.99. The average Bonchev–Trinajstić information content (AvgIpc) is 3.01. The molecule has 0 radical (unpaired) electrons. The predicted molar refractivity (Wildman–Crippen MR) is 200 cm³/mol. The lowest BCUT2D eigenvalue weighted by atomic mass is 10.2. The molecule has 1 unspecified atom stereocenters. The van der Waals surface area contributed by atoms with Crippen LogP contribution in [0.2, 0.25) is 21.1 Å². The first-order valence-corrected chi connectivity index (χ1v) is 24.6. The Morgan fingerprint density at radius 2 is 0.860 bits per heavy atom. The highest BCUT2D eigenvalue weighted by Gasteiger charge is 2.27. The van der Waals surface area contributed by atoms with Crippen LogP contribution in [-0.4, -0.2) is 25.4 Å². The van der Waals surface area contributed by atoms with Gasteiger partial charge in [-0.3, -0.25) is 0 Å². The van der Waals surface area contributed by atoms with E-state index in [1.54, 1.807) is 58.9 Å². The Labute approximate surface area is 273 Å². The molecule has 0 amide bonds. The van der Waals surface area contributed by atoms with Crippen LogP contribution in [0.25, 0.3) is 0 Å². The van der Waals surface area contributed by atoms with Crippen LogP contribution in [0.1, 0.15) is 176 Å². The Morgan fingerprint density at radius 3 is 1.19 bits per heavy atom. The van der Waals surface area contributed by atoms with Crippen LogP contribution in [0.15, 0.2) is 18.2 Å². The molecule has 0 spiro atoms. The van der Waals surface area contributed by atoms with E-state index in [4.69, 9.17) is 0 Å². The molecule has 0 bridgehead atoms. The van der Waals surface area contributed by atoms with Crippen LogP contribution in [0.3, 0.4) is 0 Å². The quantitative estimate of drug-likeness (QED) is 0.0486. The Kier molecular flexibility index (Phi) is 30.7. The summed E-state index contributed by atoms with van der Waals surface area (Å²) in [6.45, 7) is 13.5. The van der Waals surface area contributed by atoms with Crippen LogP contribution in [0, 0.1) is 11.6 Å². The molecule has 1 aromatic carbocycles. The zero-order valence-corrected chi connectivity index (χ0v) is 32.3. The van der Waals surface area contributed by atoms with E-state index in [2.05, 4.69) is 34.6 Å². The summed E-state index contributed by atoms with van der Waals surface area (Å²) in [5, 5.41) is 7.43. The van der Waals surface area contributed by atoms with Gasteiger partial charge in [-0.25, -0.2) is 4.39 Å². The Hall–Kier alpha value is 0.0425. The van der Waals surface area contributed by atoms with Gasteiger partial charge >= 0.3 is 0 Å². The SMILES string of the molecule is CCCCCC[CH2][Al-]([CH2]CCCCCC)([CH2]CCCCCC)[CH2]CCCCCC.CCC[PH+](CC)c1cccc(F)c1F. The predicted octanol–water partition coefficient (Wildman–Crippen LogP) is 14.6. The number of rotatable bonds is 28. The average molecular weight is 641 g/mol. The number of benzene rings is 1. The number of hydrogen-bond donors (Lipinski definition) is 0. The molecule has 0 saturated carbocycles. The molecule has 1 rings (SSSR count). The van der Waals surface area contributed by atoms with Gasteiger partial charge in [0, 0.05) is 7.92 Å². The Bertz CT molecular complexity index is 664. The summed E-state index contributed by atoms with van der Waals surface area (Å²) in [5.74, 6) is -1.34. The zero-order chi connectivity index (χ0) is 32.0. The van der Waals surface area contributed by atoms with Crippen molar-refractivity contribution in [1.82, 2.24) is 0 Å². The van der Waals surface area contributed by atoms with E-state index < -0.39 is 32.6 Å². The molecule has 0 fully saturated rings. The first-order chi connectivity index (χ1) is 20.9. The minimum absolute atomic E-state index is 0.624. The summed E-state index contributed by atoms with van der Waals surface area (Å²) in [7, 11) is -0.880. The van der Waals surface area contributed by atoms with Crippen molar-refractivity contribution in [2.24, 2.45) is 0 Å². The molecule has 1 aromatic rings. The maximum absolute atomic E-state index is 13.4. The summed E-state index contributed by atoms with van der Waals surface area (Å²) in [6, 6.07) is 4.51. The number of hydrogen-bond acceptors (Lipinski definition) is 0. The maximum Gasteiger partial charge on any atom is 0.200 e. The first-order valence-electron chi connectivity index (χ1n) is 19.5. The fraction of sp³-hybridized carbons (Fsp3) is 0.846. The smallest absolute Gasteiger partial charge is 0.200 e. The van der Waals surface area contributed by atoms with Gasteiger partial charge in [-0.05, 0) is 25.5 Å². The fourth-order valence-electron chi connectivity index (χ4n) is 7.17. The standard InChI is InChI=1S/C11H15F2P.4C7H15.Al/c1-3-8-14(4-2)10-7-5-6-9(12)11(10)13;4*1-3-5-7-6-4-2;/h5-7H,3-4,8H2,1-2H3;4*1,3-7H2,2H3;/q;;;;;-1/p+1. The molecule has 4 heteroatoms. The van der Waals surface area contributed by atoms with Crippen molar-refractivity contribution in [3.63, 3.8) is 0 Å². The highest BCUT2D eigenvalue weighted by molar-refractivity contribution is 7.65. The van der Waals surface area contributed by atoms with Crippen molar-refractivity contribution in [3.05, 3.63) is 29.8 Å². The highest BCUT2D eigenvalue weighted by Crippen LogP contribution is 2.36. The summed E-state index contributed by atoms with van der Waals surface area (Å²) >= 11 is -1.38.